The number of benzene rings is 1. The Balaban J connectivity index is 1.67. The summed E-state index contributed by atoms with van der Waals surface area (Å²) in [6.45, 7) is 5.95. The summed E-state index contributed by atoms with van der Waals surface area (Å²) in [5.41, 5.74) is 2.31. The molecule has 0 amide bonds. The summed E-state index contributed by atoms with van der Waals surface area (Å²) in [6, 6.07) is 17.2. The maximum absolute atomic E-state index is 13.1. The Bertz CT molecular complexity index is 1250. The van der Waals surface area contributed by atoms with Gasteiger partial charge in [-0.25, -0.2) is 19.3 Å². The van der Waals surface area contributed by atoms with Gasteiger partial charge in [-0.15, -0.1) is 0 Å². The maximum Gasteiger partial charge on any atom is 0.420 e. The first-order valence-corrected chi connectivity index (χ1v) is 10.7. The highest BCUT2D eigenvalue weighted by molar-refractivity contribution is 6.35. The molecule has 0 N–H and O–H groups in total. The highest BCUT2D eigenvalue weighted by atomic mass is 35.5. The van der Waals surface area contributed by atoms with Crippen LogP contribution in [-0.4, -0.2) is 32.8 Å². The number of nitrogens with zero attached hydrogens (tertiary/aromatic N) is 3. The Morgan fingerprint density at radius 2 is 1.78 bits per heavy atom. The van der Waals surface area contributed by atoms with Gasteiger partial charge in [0.2, 0.25) is 5.88 Å². The Morgan fingerprint density at radius 3 is 2.53 bits per heavy atom. The van der Waals surface area contributed by atoms with Crippen molar-refractivity contribution < 1.29 is 14.3 Å². The molecule has 32 heavy (non-hydrogen) atoms. The topological polar surface area (TPSA) is 66.2 Å². The largest absolute Gasteiger partial charge is 0.477 e. The highest BCUT2D eigenvalue weighted by Gasteiger charge is 2.24. The normalized spacial score (nSPS) is 11.5. The fraction of sp³-hybridized carbons (Fsp3) is 0.240. The molecule has 7 heteroatoms. The first-order valence-electron chi connectivity index (χ1n) is 10.3. The Kier molecular flexibility index (Phi) is 6.15. The lowest BCUT2D eigenvalue weighted by Crippen LogP contribution is -2.27. The minimum atomic E-state index is -0.659. The van der Waals surface area contributed by atoms with Gasteiger partial charge in [-0.3, -0.25) is 0 Å². The molecule has 0 fully saturated rings. The fourth-order valence-electron chi connectivity index (χ4n) is 3.34. The minimum Gasteiger partial charge on any atom is -0.477 e. The number of ether oxygens (including phenoxy) is 2. The van der Waals surface area contributed by atoms with Gasteiger partial charge in [-0.05, 0) is 44.5 Å². The van der Waals surface area contributed by atoms with Crippen LogP contribution in [0.3, 0.4) is 0 Å². The van der Waals surface area contributed by atoms with Gasteiger partial charge < -0.3 is 9.47 Å². The average molecular weight is 450 g/mol. The van der Waals surface area contributed by atoms with Gasteiger partial charge in [0, 0.05) is 35.8 Å². The monoisotopic (exact) mass is 449 g/mol. The van der Waals surface area contributed by atoms with Crippen LogP contribution in [0.2, 0.25) is 5.02 Å². The summed E-state index contributed by atoms with van der Waals surface area (Å²) >= 11 is 6.38. The quantitative estimate of drug-likeness (QED) is 0.365. The number of carbonyl (C=O) groups is 1. The number of fused-ring (bicyclic) bond motifs is 1. The number of halogens is 1. The molecule has 0 aliphatic carbocycles. The van der Waals surface area contributed by atoms with Crippen LogP contribution in [0, 0.1) is 0 Å². The molecule has 0 aliphatic rings. The van der Waals surface area contributed by atoms with Crippen LogP contribution in [0.4, 0.5) is 4.79 Å². The third-order valence-electron chi connectivity index (χ3n) is 4.74. The molecule has 3 aromatic heterocycles. The first kappa shape index (κ1) is 21.8. The van der Waals surface area contributed by atoms with Crippen molar-refractivity contribution in [3.63, 3.8) is 0 Å². The molecule has 0 aliphatic heterocycles. The van der Waals surface area contributed by atoms with Crippen molar-refractivity contribution in [2.45, 2.75) is 32.8 Å². The molecule has 4 rings (SSSR count). The number of hydrogen-bond donors (Lipinski definition) is 0. The number of pyridine rings is 2. The zero-order valence-corrected chi connectivity index (χ0v) is 19.0. The molecule has 0 atom stereocenters. The van der Waals surface area contributed by atoms with E-state index in [9.17, 15) is 4.79 Å². The summed E-state index contributed by atoms with van der Waals surface area (Å²) in [4.78, 5) is 21.8. The van der Waals surface area contributed by atoms with Gasteiger partial charge >= 0.3 is 6.09 Å². The van der Waals surface area contributed by atoms with Crippen molar-refractivity contribution in [3.8, 4) is 17.1 Å². The van der Waals surface area contributed by atoms with E-state index >= 15 is 0 Å². The van der Waals surface area contributed by atoms with E-state index in [1.54, 1.807) is 24.5 Å². The number of aromatic nitrogens is 3. The molecule has 6 nitrogen and oxygen atoms in total. The summed E-state index contributed by atoms with van der Waals surface area (Å²) in [6.07, 6.45) is 3.46. The summed E-state index contributed by atoms with van der Waals surface area (Å²) in [5.74, 6) is 0.471. The van der Waals surface area contributed by atoms with Gasteiger partial charge in [0.15, 0.2) is 5.65 Å². The smallest absolute Gasteiger partial charge is 0.420 e. The third kappa shape index (κ3) is 4.92. The highest BCUT2D eigenvalue weighted by Crippen LogP contribution is 2.32. The maximum atomic E-state index is 13.1. The molecule has 1 aromatic carbocycles. The van der Waals surface area contributed by atoms with Gasteiger partial charge in [-0.1, -0.05) is 41.9 Å². The Morgan fingerprint density at radius 1 is 1.03 bits per heavy atom. The van der Waals surface area contributed by atoms with E-state index in [4.69, 9.17) is 21.1 Å². The van der Waals surface area contributed by atoms with Crippen LogP contribution >= 0.6 is 11.6 Å². The van der Waals surface area contributed by atoms with Crippen molar-refractivity contribution >= 4 is 28.7 Å². The van der Waals surface area contributed by atoms with Crippen molar-refractivity contribution in [1.82, 2.24) is 14.5 Å². The summed E-state index contributed by atoms with van der Waals surface area (Å²) in [5, 5.41) is 1.17. The van der Waals surface area contributed by atoms with Crippen molar-refractivity contribution in [2.75, 3.05) is 6.61 Å². The Labute approximate surface area is 191 Å². The van der Waals surface area contributed by atoms with Gasteiger partial charge in [0.05, 0.1) is 17.3 Å². The lowest BCUT2D eigenvalue weighted by Gasteiger charge is -2.20. The minimum absolute atomic E-state index is 0.435. The SMILES string of the molecule is CC(C)(C)OC(=O)n1c(-c2ccnc(OCCc3ccccc3)c2)cc2c(Cl)ccnc21. The predicted octanol–water partition coefficient (Wildman–Crippen LogP) is 6.16. The number of carbonyl (C=O) groups excluding carboxylic acids is 1. The molecular weight excluding hydrogens is 426 g/mol. The average Bonchev–Trinajstić information content (AvgIpc) is 3.15. The standard InChI is InChI=1S/C25H24ClN3O3/c1-25(2,3)32-24(30)29-21(16-19-20(26)10-13-28-23(19)29)18-9-12-27-22(15-18)31-14-11-17-7-5-4-6-8-17/h4-10,12-13,15-16H,11,14H2,1-3H3. The molecule has 0 spiro atoms. The fourth-order valence-corrected chi connectivity index (χ4v) is 3.53. The Hall–Kier alpha value is -3.38. The lowest BCUT2D eigenvalue weighted by atomic mass is 10.2. The molecule has 0 unspecified atom stereocenters. The van der Waals surface area contributed by atoms with E-state index < -0.39 is 11.7 Å². The molecule has 164 valence electrons. The van der Waals surface area contributed by atoms with Gasteiger partial charge in [0.25, 0.3) is 0 Å². The predicted molar refractivity (Wildman–Crippen MR) is 125 cm³/mol. The molecular formula is C25H24ClN3O3. The van der Waals surface area contributed by atoms with Crippen LogP contribution in [0.1, 0.15) is 26.3 Å². The number of hydrogen-bond acceptors (Lipinski definition) is 5. The summed E-state index contributed by atoms with van der Waals surface area (Å²) < 4.78 is 12.9. The lowest BCUT2D eigenvalue weighted by molar-refractivity contribution is 0.0546. The molecule has 3 heterocycles. The molecule has 0 saturated heterocycles. The number of rotatable bonds is 5. The zero-order valence-electron chi connectivity index (χ0n) is 18.2. The second kappa shape index (κ2) is 9.01. The molecule has 0 radical (unpaired) electrons. The van der Waals surface area contributed by atoms with E-state index in [-0.39, 0.29) is 0 Å². The van der Waals surface area contributed by atoms with E-state index in [0.717, 1.165) is 12.0 Å². The molecule has 0 saturated carbocycles. The van der Waals surface area contributed by atoms with Crippen LogP contribution in [0.15, 0.2) is 67.0 Å². The second-order valence-corrected chi connectivity index (χ2v) is 8.75. The second-order valence-electron chi connectivity index (χ2n) is 8.34. The van der Waals surface area contributed by atoms with E-state index in [0.29, 0.717) is 34.2 Å². The van der Waals surface area contributed by atoms with Crippen LogP contribution < -0.4 is 4.74 Å². The van der Waals surface area contributed by atoms with Crippen molar-refractivity contribution in [2.24, 2.45) is 0 Å². The van der Waals surface area contributed by atoms with Crippen molar-refractivity contribution in [1.29, 1.82) is 0 Å². The van der Waals surface area contributed by atoms with Gasteiger partial charge in [-0.2, -0.15) is 0 Å². The van der Waals surface area contributed by atoms with E-state index in [1.165, 1.54) is 10.1 Å². The first-order chi connectivity index (χ1) is 15.3. The van der Waals surface area contributed by atoms with E-state index in [2.05, 4.69) is 22.1 Å². The van der Waals surface area contributed by atoms with Crippen LogP contribution in [0.5, 0.6) is 5.88 Å². The molecule has 0 bridgehead atoms. The molecule has 4 aromatic rings. The van der Waals surface area contributed by atoms with Crippen LogP contribution in [0.25, 0.3) is 22.3 Å². The van der Waals surface area contributed by atoms with Gasteiger partial charge in [0.1, 0.15) is 5.60 Å². The zero-order chi connectivity index (χ0) is 22.7. The third-order valence-corrected chi connectivity index (χ3v) is 5.07. The van der Waals surface area contributed by atoms with E-state index in [1.807, 2.05) is 51.1 Å². The van der Waals surface area contributed by atoms with Crippen molar-refractivity contribution in [3.05, 3.63) is 77.6 Å². The summed E-state index contributed by atoms with van der Waals surface area (Å²) in [7, 11) is 0. The van der Waals surface area contributed by atoms with Crippen LogP contribution in [-0.2, 0) is 11.2 Å².